The van der Waals surface area contributed by atoms with E-state index in [2.05, 4.69) is 0 Å². The number of carbonyl (C=O) groups excluding carboxylic acids is 4. The van der Waals surface area contributed by atoms with Gasteiger partial charge in [0.05, 0.1) is 50.3 Å². The van der Waals surface area contributed by atoms with E-state index >= 15 is 0 Å². The summed E-state index contributed by atoms with van der Waals surface area (Å²) in [5.41, 5.74) is 0. The summed E-state index contributed by atoms with van der Waals surface area (Å²) < 4.78 is 0. The van der Waals surface area contributed by atoms with Gasteiger partial charge in [0, 0.05) is 0 Å². The van der Waals surface area contributed by atoms with Crippen LogP contribution in [0.15, 0.2) is 0 Å². The molecule has 14 heteroatoms. The summed E-state index contributed by atoms with van der Waals surface area (Å²) >= 11 is 0. The number of hydrogen-bond donors (Lipinski definition) is 4. The van der Waals surface area contributed by atoms with Gasteiger partial charge in [0.2, 0.25) is 0 Å². The Bertz CT molecular complexity index is 223. The zero-order valence-corrected chi connectivity index (χ0v) is 12.4. The maximum absolute atomic E-state index is 9.01. The van der Waals surface area contributed by atoms with Gasteiger partial charge in [-0.05, 0) is 0 Å². The van der Waals surface area contributed by atoms with Crippen LogP contribution in [0.25, 0.3) is 0 Å². The molecule has 0 unspecified atom stereocenters. The molecular weight excluding hydrogens is 352 g/mol. The largest absolute Gasteiger partial charge is 4.00 e. The molecule has 128 valence electrons. The Morgan fingerprint density at radius 1 is 0.545 bits per heavy atom. The Morgan fingerprint density at radius 3 is 0.591 bits per heavy atom. The third-order valence-electron chi connectivity index (χ3n) is 0.516. The Balaban J connectivity index is -0.0000000376. The van der Waals surface area contributed by atoms with Crippen molar-refractivity contribution < 1.29 is 87.2 Å². The summed E-state index contributed by atoms with van der Waals surface area (Å²) in [6.45, 7) is -3.56. The minimum Gasteiger partial charge on any atom is -0.548 e. The molecule has 0 bridgehead atoms. The van der Waals surface area contributed by atoms with Gasteiger partial charge in [0.25, 0.3) is 0 Å². The van der Waals surface area contributed by atoms with Crippen molar-refractivity contribution in [3.63, 3.8) is 0 Å². The molecule has 0 aromatic heterocycles. The number of aliphatic hydroxyl groups is 4. The van der Waals surface area contributed by atoms with E-state index in [0.717, 1.165) is 0 Å². The molecule has 0 aromatic carbocycles. The standard InChI is InChI=1S/4C2H4O3.H2O.Ti/c4*3-1-2(4)5;;/h4*3H,1H2,(H,4,5);1H2;/q;;;;;+4/p-4. The molecule has 0 amide bonds. The van der Waals surface area contributed by atoms with E-state index in [1.54, 1.807) is 0 Å². The Morgan fingerprint density at radius 2 is 0.591 bits per heavy atom. The quantitative estimate of drug-likeness (QED) is 0.337. The van der Waals surface area contributed by atoms with Crippen LogP contribution in [-0.2, 0) is 40.9 Å². The molecule has 0 rings (SSSR count). The smallest absolute Gasteiger partial charge is 0.548 e. The SMILES string of the molecule is O.O=C([O-])CO.O=C([O-])CO.O=C([O-])CO.O=C([O-])CO.[Ti+4]. The molecule has 0 saturated heterocycles. The van der Waals surface area contributed by atoms with Gasteiger partial charge in [-0.15, -0.1) is 0 Å². The normalized spacial score (nSPS) is 6.73. The molecule has 0 spiro atoms. The van der Waals surface area contributed by atoms with Gasteiger partial charge in [0.1, 0.15) is 0 Å². The van der Waals surface area contributed by atoms with Crippen molar-refractivity contribution in [2.45, 2.75) is 0 Å². The zero-order valence-electron chi connectivity index (χ0n) is 10.9. The molecule has 13 nitrogen and oxygen atoms in total. The van der Waals surface area contributed by atoms with Gasteiger partial charge in [0.15, 0.2) is 0 Å². The summed E-state index contributed by atoms with van der Waals surface area (Å²) in [7, 11) is 0. The fourth-order valence-electron chi connectivity index (χ4n) is 0. The molecule has 0 aliphatic heterocycles. The monoisotopic (exact) mass is 366 g/mol. The zero-order chi connectivity index (χ0) is 17.1. The topological polar surface area (TPSA) is 273 Å². The number of carboxylic acid groups (broad SMARTS) is 4. The van der Waals surface area contributed by atoms with Crippen molar-refractivity contribution in [2.75, 3.05) is 26.4 Å². The van der Waals surface area contributed by atoms with Gasteiger partial charge >= 0.3 is 21.7 Å². The molecule has 0 atom stereocenters. The minimum atomic E-state index is -1.44. The van der Waals surface area contributed by atoms with Crippen molar-refractivity contribution in [2.24, 2.45) is 0 Å². The van der Waals surface area contributed by atoms with E-state index in [1.807, 2.05) is 0 Å². The van der Waals surface area contributed by atoms with Crippen molar-refractivity contribution in [3.8, 4) is 0 Å². The maximum atomic E-state index is 9.01. The first kappa shape index (κ1) is 37.0. The van der Waals surface area contributed by atoms with Crippen LogP contribution >= 0.6 is 0 Å². The molecule has 0 fully saturated rings. The fourth-order valence-corrected chi connectivity index (χ4v) is 0. The third kappa shape index (κ3) is 136. The van der Waals surface area contributed by atoms with Crippen LogP contribution in [0, 0.1) is 0 Å². The number of hydrogen-bond acceptors (Lipinski definition) is 12. The molecule has 0 aliphatic rings. The minimum absolute atomic E-state index is 0. The van der Waals surface area contributed by atoms with Gasteiger partial charge in [-0.25, -0.2) is 0 Å². The summed E-state index contributed by atoms with van der Waals surface area (Å²) in [4.78, 5) is 36.0. The predicted octanol–water partition coefficient (Wildman–Crippen LogP) is -9.91. The summed E-state index contributed by atoms with van der Waals surface area (Å²) in [5, 5.41) is 66.0. The molecule has 6 N–H and O–H groups in total. The maximum Gasteiger partial charge on any atom is 4.00 e. The van der Waals surface area contributed by atoms with Gasteiger partial charge in [-0.3, -0.25) is 0 Å². The van der Waals surface area contributed by atoms with Crippen LogP contribution < -0.4 is 20.4 Å². The number of aliphatic carboxylic acids is 4. The van der Waals surface area contributed by atoms with Crippen molar-refractivity contribution in [1.29, 1.82) is 0 Å². The van der Waals surface area contributed by atoms with Gasteiger partial charge in [-0.1, -0.05) is 0 Å². The molecule has 0 radical (unpaired) electrons. The first-order chi connectivity index (χ1) is 9.08. The average Bonchev–Trinajstić information content (AvgIpc) is 2.40. The number of carboxylic acids is 4. The molecule has 0 saturated carbocycles. The number of aliphatic hydroxyl groups excluding tert-OH is 4. The third-order valence-corrected chi connectivity index (χ3v) is 0.516. The van der Waals surface area contributed by atoms with E-state index in [4.69, 9.17) is 60.0 Å². The molecular formula is C8H14O13Ti. The summed E-state index contributed by atoms with van der Waals surface area (Å²) in [6, 6.07) is 0. The van der Waals surface area contributed by atoms with Crippen LogP contribution in [0.2, 0.25) is 0 Å². The van der Waals surface area contributed by atoms with Crippen LogP contribution in [0.3, 0.4) is 0 Å². The Hall–Kier alpha value is -1.61. The fraction of sp³-hybridized carbons (Fsp3) is 0.500. The van der Waals surface area contributed by atoms with Crippen molar-refractivity contribution >= 4 is 23.9 Å². The predicted molar refractivity (Wildman–Crippen MR) is 52.0 cm³/mol. The summed E-state index contributed by atoms with van der Waals surface area (Å²) in [6.07, 6.45) is 0. The number of carbonyl (C=O) groups is 4. The van der Waals surface area contributed by atoms with E-state index < -0.39 is 50.3 Å². The van der Waals surface area contributed by atoms with Crippen molar-refractivity contribution in [3.05, 3.63) is 0 Å². The number of rotatable bonds is 4. The molecule has 22 heavy (non-hydrogen) atoms. The summed E-state index contributed by atoms with van der Waals surface area (Å²) in [5.74, 6) is -5.76. The van der Waals surface area contributed by atoms with Crippen LogP contribution in [0.5, 0.6) is 0 Å². The first-order valence-corrected chi connectivity index (χ1v) is 4.31. The molecule has 0 aromatic rings. The van der Waals surface area contributed by atoms with E-state index in [-0.39, 0.29) is 27.2 Å². The van der Waals surface area contributed by atoms with Crippen LogP contribution in [0.1, 0.15) is 0 Å². The second-order valence-electron chi connectivity index (χ2n) is 2.12. The Labute approximate surface area is 138 Å². The van der Waals surface area contributed by atoms with Crippen LogP contribution in [0.4, 0.5) is 0 Å². The molecule has 0 aliphatic carbocycles. The van der Waals surface area contributed by atoms with Crippen LogP contribution in [-0.4, -0.2) is 76.2 Å². The molecule has 0 heterocycles. The first-order valence-electron chi connectivity index (χ1n) is 4.31. The van der Waals surface area contributed by atoms with E-state index in [1.165, 1.54) is 0 Å². The van der Waals surface area contributed by atoms with Crippen molar-refractivity contribution in [1.82, 2.24) is 0 Å². The second kappa shape index (κ2) is 31.7. The van der Waals surface area contributed by atoms with E-state index in [9.17, 15) is 0 Å². The van der Waals surface area contributed by atoms with Gasteiger partial charge in [-0.2, -0.15) is 0 Å². The second-order valence-corrected chi connectivity index (χ2v) is 2.12. The Kier molecular flexibility index (Phi) is 53.3. The van der Waals surface area contributed by atoms with Gasteiger partial charge < -0.3 is 65.5 Å². The average molecular weight is 366 g/mol. The van der Waals surface area contributed by atoms with E-state index in [0.29, 0.717) is 0 Å².